The third kappa shape index (κ3) is 2.45. The van der Waals surface area contributed by atoms with Crippen LogP contribution in [-0.4, -0.2) is 28.6 Å². The first-order valence-electron chi connectivity index (χ1n) is 6.94. The maximum absolute atomic E-state index is 9.18. The molecule has 1 heterocycles. The zero-order chi connectivity index (χ0) is 13.2. The molecule has 1 aliphatic rings. The summed E-state index contributed by atoms with van der Waals surface area (Å²) in [6.45, 7) is 0.324. The molecule has 1 N–H and O–H groups in total. The summed E-state index contributed by atoms with van der Waals surface area (Å²) in [6.07, 6.45) is 6.53. The molecule has 0 aliphatic heterocycles. The van der Waals surface area contributed by atoms with Crippen LogP contribution in [0.15, 0.2) is 24.4 Å². The molecule has 1 fully saturated rings. The number of benzene rings is 1. The van der Waals surface area contributed by atoms with Gasteiger partial charge in [0.2, 0.25) is 0 Å². The Morgan fingerprint density at radius 2 is 2.11 bits per heavy atom. The lowest BCUT2D eigenvalue weighted by atomic mass is 9.87. The predicted octanol–water partition coefficient (Wildman–Crippen LogP) is 2.77. The lowest BCUT2D eigenvalue weighted by Crippen LogP contribution is -2.20. The van der Waals surface area contributed by atoms with Crippen molar-refractivity contribution < 1.29 is 9.84 Å². The van der Waals surface area contributed by atoms with E-state index in [4.69, 9.17) is 4.74 Å². The third-order valence-corrected chi connectivity index (χ3v) is 4.18. The normalized spacial score (nSPS) is 23.7. The van der Waals surface area contributed by atoms with Gasteiger partial charge in [-0.1, -0.05) is 0 Å². The highest BCUT2D eigenvalue weighted by Gasteiger charge is 2.22. The van der Waals surface area contributed by atoms with E-state index in [0.29, 0.717) is 18.6 Å². The molecule has 1 aromatic heterocycles. The smallest absolute Gasteiger partial charge is 0.121 e. The Labute approximate surface area is 113 Å². The monoisotopic (exact) mass is 260 g/mol. The molecule has 102 valence electrons. The molecular formula is C15H20N2O2. The highest BCUT2D eigenvalue weighted by Crippen LogP contribution is 2.32. The first kappa shape index (κ1) is 12.5. The van der Waals surface area contributed by atoms with E-state index in [2.05, 4.69) is 22.0 Å². The Morgan fingerprint density at radius 1 is 1.32 bits per heavy atom. The van der Waals surface area contributed by atoms with Crippen molar-refractivity contribution in [3.8, 4) is 5.75 Å². The van der Waals surface area contributed by atoms with Crippen molar-refractivity contribution in [2.75, 3.05) is 13.7 Å². The number of aliphatic hydroxyl groups excluding tert-OH is 1. The van der Waals surface area contributed by atoms with E-state index in [1.54, 1.807) is 7.11 Å². The average molecular weight is 260 g/mol. The van der Waals surface area contributed by atoms with Crippen LogP contribution in [0.25, 0.3) is 10.9 Å². The van der Waals surface area contributed by atoms with Crippen LogP contribution in [0.1, 0.15) is 31.7 Å². The summed E-state index contributed by atoms with van der Waals surface area (Å²) in [5.41, 5.74) is 0.989. The van der Waals surface area contributed by atoms with Gasteiger partial charge in [-0.05, 0) is 43.7 Å². The fourth-order valence-electron chi connectivity index (χ4n) is 2.92. The minimum atomic E-state index is 0.324. The van der Waals surface area contributed by atoms with E-state index in [1.807, 2.05) is 12.1 Å². The number of fused-ring (bicyclic) bond motifs is 1. The van der Waals surface area contributed by atoms with Gasteiger partial charge in [0.1, 0.15) is 5.75 Å². The van der Waals surface area contributed by atoms with Crippen LogP contribution >= 0.6 is 0 Å². The van der Waals surface area contributed by atoms with Crippen molar-refractivity contribution in [3.63, 3.8) is 0 Å². The summed E-state index contributed by atoms with van der Waals surface area (Å²) in [5, 5.41) is 15.0. The molecule has 1 aliphatic carbocycles. The SMILES string of the molecule is COc1ccc2cn(C3CCC(CO)CC3)nc2c1. The number of hydrogen-bond donors (Lipinski definition) is 1. The summed E-state index contributed by atoms with van der Waals surface area (Å²) >= 11 is 0. The Morgan fingerprint density at radius 3 is 2.79 bits per heavy atom. The zero-order valence-corrected chi connectivity index (χ0v) is 11.2. The van der Waals surface area contributed by atoms with Gasteiger partial charge in [-0.15, -0.1) is 0 Å². The molecule has 0 atom stereocenters. The van der Waals surface area contributed by atoms with E-state index < -0.39 is 0 Å². The van der Waals surface area contributed by atoms with Crippen LogP contribution < -0.4 is 4.74 Å². The number of aliphatic hydroxyl groups is 1. The number of aromatic nitrogens is 2. The molecule has 0 radical (unpaired) electrons. The standard InChI is InChI=1S/C15H20N2O2/c1-19-14-7-4-12-9-17(16-15(12)8-14)13-5-2-11(10-18)3-6-13/h4,7-9,11,13,18H,2-3,5-6,10H2,1H3. The molecular weight excluding hydrogens is 240 g/mol. The fraction of sp³-hybridized carbons (Fsp3) is 0.533. The minimum Gasteiger partial charge on any atom is -0.497 e. The average Bonchev–Trinajstić information content (AvgIpc) is 2.90. The molecule has 1 saturated carbocycles. The lowest BCUT2D eigenvalue weighted by Gasteiger charge is -2.27. The quantitative estimate of drug-likeness (QED) is 0.923. The Hall–Kier alpha value is -1.55. The second-order valence-electron chi connectivity index (χ2n) is 5.39. The highest BCUT2D eigenvalue weighted by atomic mass is 16.5. The molecule has 4 nitrogen and oxygen atoms in total. The van der Waals surface area contributed by atoms with Crippen LogP contribution in [0.3, 0.4) is 0 Å². The van der Waals surface area contributed by atoms with Crippen molar-refractivity contribution in [3.05, 3.63) is 24.4 Å². The number of hydrogen-bond acceptors (Lipinski definition) is 3. The molecule has 0 saturated heterocycles. The van der Waals surface area contributed by atoms with Crippen molar-refractivity contribution >= 4 is 10.9 Å². The van der Waals surface area contributed by atoms with Gasteiger partial charge in [-0.3, -0.25) is 4.68 Å². The van der Waals surface area contributed by atoms with Gasteiger partial charge in [0, 0.05) is 24.3 Å². The van der Waals surface area contributed by atoms with Crippen LogP contribution in [0.5, 0.6) is 5.75 Å². The van der Waals surface area contributed by atoms with Crippen molar-refractivity contribution in [1.82, 2.24) is 9.78 Å². The topological polar surface area (TPSA) is 47.3 Å². The maximum Gasteiger partial charge on any atom is 0.121 e. The Kier molecular flexibility index (Phi) is 3.42. The van der Waals surface area contributed by atoms with Gasteiger partial charge >= 0.3 is 0 Å². The van der Waals surface area contributed by atoms with Gasteiger partial charge in [-0.2, -0.15) is 5.10 Å². The summed E-state index contributed by atoms with van der Waals surface area (Å²) in [5.74, 6) is 1.34. The molecule has 2 aromatic rings. The minimum absolute atomic E-state index is 0.324. The second-order valence-corrected chi connectivity index (χ2v) is 5.39. The van der Waals surface area contributed by atoms with Crippen molar-refractivity contribution in [2.45, 2.75) is 31.7 Å². The third-order valence-electron chi connectivity index (χ3n) is 4.18. The molecule has 3 rings (SSSR count). The predicted molar refractivity (Wildman–Crippen MR) is 74.4 cm³/mol. The van der Waals surface area contributed by atoms with Gasteiger partial charge in [0.05, 0.1) is 18.7 Å². The van der Waals surface area contributed by atoms with Crippen LogP contribution in [-0.2, 0) is 0 Å². The van der Waals surface area contributed by atoms with Crippen LogP contribution in [0, 0.1) is 5.92 Å². The van der Waals surface area contributed by atoms with Gasteiger partial charge < -0.3 is 9.84 Å². The zero-order valence-electron chi connectivity index (χ0n) is 11.2. The van der Waals surface area contributed by atoms with E-state index in [-0.39, 0.29) is 0 Å². The fourth-order valence-corrected chi connectivity index (χ4v) is 2.92. The number of rotatable bonds is 3. The molecule has 0 spiro atoms. The van der Waals surface area contributed by atoms with E-state index in [0.717, 1.165) is 42.3 Å². The van der Waals surface area contributed by atoms with E-state index in [9.17, 15) is 5.11 Å². The molecule has 19 heavy (non-hydrogen) atoms. The highest BCUT2D eigenvalue weighted by molar-refractivity contribution is 5.79. The number of methoxy groups -OCH3 is 1. The van der Waals surface area contributed by atoms with Gasteiger partial charge in [0.25, 0.3) is 0 Å². The molecule has 0 unspecified atom stereocenters. The molecule has 4 heteroatoms. The van der Waals surface area contributed by atoms with Crippen molar-refractivity contribution in [2.24, 2.45) is 5.92 Å². The lowest BCUT2D eigenvalue weighted by molar-refractivity contribution is 0.165. The Balaban J connectivity index is 1.81. The summed E-state index contributed by atoms with van der Waals surface area (Å²) in [4.78, 5) is 0. The van der Waals surface area contributed by atoms with Gasteiger partial charge in [0.15, 0.2) is 0 Å². The van der Waals surface area contributed by atoms with Crippen molar-refractivity contribution in [1.29, 1.82) is 0 Å². The number of ether oxygens (including phenoxy) is 1. The first-order chi connectivity index (χ1) is 9.30. The summed E-state index contributed by atoms with van der Waals surface area (Å²) in [7, 11) is 1.67. The molecule has 1 aromatic carbocycles. The summed E-state index contributed by atoms with van der Waals surface area (Å²) in [6, 6.07) is 6.47. The number of nitrogens with zero attached hydrogens (tertiary/aromatic N) is 2. The molecule has 0 bridgehead atoms. The Bertz CT molecular complexity index is 556. The van der Waals surface area contributed by atoms with E-state index >= 15 is 0 Å². The van der Waals surface area contributed by atoms with Gasteiger partial charge in [-0.25, -0.2) is 0 Å². The second kappa shape index (κ2) is 5.21. The van der Waals surface area contributed by atoms with Crippen LogP contribution in [0.4, 0.5) is 0 Å². The molecule has 0 amide bonds. The van der Waals surface area contributed by atoms with E-state index in [1.165, 1.54) is 0 Å². The maximum atomic E-state index is 9.18. The largest absolute Gasteiger partial charge is 0.497 e. The summed E-state index contributed by atoms with van der Waals surface area (Å²) < 4.78 is 7.32. The first-order valence-corrected chi connectivity index (χ1v) is 6.94. The van der Waals surface area contributed by atoms with Crippen LogP contribution in [0.2, 0.25) is 0 Å².